The number of aryl methyl sites for hydroxylation is 1. The van der Waals surface area contributed by atoms with Gasteiger partial charge in [0.1, 0.15) is 0 Å². The molecule has 0 fully saturated rings. The molecule has 0 atom stereocenters. The van der Waals surface area contributed by atoms with Crippen LogP contribution in [0.25, 0.3) is 11.1 Å². The first-order valence-corrected chi connectivity index (χ1v) is 5.00. The van der Waals surface area contributed by atoms with E-state index in [4.69, 9.17) is 5.73 Å². The maximum Gasteiger partial charge on any atom is 0.249 e. The highest BCUT2D eigenvalue weighted by molar-refractivity contribution is 6.00. The predicted octanol–water partition coefficient (Wildman–Crippen LogP) is 2.16. The summed E-state index contributed by atoms with van der Waals surface area (Å²) in [5, 5.41) is 0. The zero-order valence-electron chi connectivity index (χ0n) is 8.97. The van der Waals surface area contributed by atoms with E-state index in [1.54, 1.807) is 18.5 Å². The number of primary amides is 1. The lowest BCUT2D eigenvalue weighted by atomic mass is 9.96. The summed E-state index contributed by atoms with van der Waals surface area (Å²) in [5.41, 5.74) is 8.69. The topological polar surface area (TPSA) is 56.0 Å². The van der Waals surface area contributed by atoms with Crippen LogP contribution in [0, 0.1) is 6.92 Å². The minimum Gasteiger partial charge on any atom is -0.366 e. The number of nitrogens with two attached hydrogens (primary N) is 1. The number of aromatic nitrogens is 1. The van der Waals surface area contributed by atoms with Crippen LogP contribution < -0.4 is 5.73 Å². The van der Waals surface area contributed by atoms with Crippen LogP contribution in [0.1, 0.15) is 15.9 Å². The molecule has 0 saturated heterocycles. The second-order valence-corrected chi connectivity index (χ2v) is 3.60. The number of hydrogen-bond acceptors (Lipinski definition) is 2. The predicted molar refractivity (Wildman–Crippen MR) is 62.9 cm³/mol. The number of carbonyl (C=O) groups is 1. The van der Waals surface area contributed by atoms with Crippen LogP contribution in [0.2, 0.25) is 0 Å². The van der Waals surface area contributed by atoms with Gasteiger partial charge in [0, 0.05) is 23.5 Å². The van der Waals surface area contributed by atoms with Crippen molar-refractivity contribution in [2.24, 2.45) is 5.73 Å². The highest BCUT2D eigenvalue weighted by atomic mass is 16.1. The van der Waals surface area contributed by atoms with Crippen molar-refractivity contribution in [3.05, 3.63) is 53.9 Å². The Bertz CT molecular complexity index is 521. The molecule has 1 aromatic heterocycles. The van der Waals surface area contributed by atoms with Crippen molar-refractivity contribution in [2.45, 2.75) is 6.92 Å². The molecule has 2 aromatic rings. The van der Waals surface area contributed by atoms with Gasteiger partial charge in [-0.05, 0) is 30.2 Å². The van der Waals surface area contributed by atoms with Crippen molar-refractivity contribution in [3.8, 4) is 11.1 Å². The van der Waals surface area contributed by atoms with Crippen molar-refractivity contribution < 1.29 is 4.79 Å². The number of carbonyl (C=O) groups excluding carboxylic acids is 1. The smallest absolute Gasteiger partial charge is 0.249 e. The number of hydrogen-bond donors (Lipinski definition) is 1. The zero-order valence-corrected chi connectivity index (χ0v) is 8.97. The largest absolute Gasteiger partial charge is 0.366 e. The van der Waals surface area contributed by atoms with E-state index in [0.717, 1.165) is 16.7 Å². The highest BCUT2D eigenvalue weighted by Crippen LogP contribution is 2.26. The van der Waals surface area contributed by atoms with Gasteiger partial charge < -0.3 is 5.73 Å². The number of amides is 1. The zero-order chi connectivity index (χ0) is 11.5. The van der Waals surface area contributed by atoms with E-state index in [1.807, 2.05) is 31.2 Å². The van der Waals surface area contributed by atoms with Gasteiger partial charge in [-0.15, -0.1) is 0 Å². The van der Waals surface area contributed by atoms with E-state index in [-0.39, 0.29) is 0 Å². The first-order chi connectivity index (χ1) is 7.70. The lowest BCUT2D eigenvalue weighted by Crippen LogP contribution is -2.12. The van der Waals surface area contributed by atoms with Crippen molar-refractivity contribution in [3.63, 3.8) is 0 Å². The van der Waals surface area contributed by atoms with E-state index in [1.165, 1.54) is 0 Å². The van der Waals surface area contributed by atoms with Crippen LogP contribution in [0.15, 0.2) is 42.7 Å². The van der Waals surface area contributed by atoms with Crippen LogP contribution in [0.5, 0.6) is 0 Å². The summed E-state index contributed by atoms with van der Waals surface area (Å²) in [6.45, 7) is 1.95. The van der Waals surface area contributed by atoms with E-state index in [2.05, 4.69) is 4.98 Å². The van der Waals surface area contributed by atoms with Crippen molar-refractivity contribution >= 4 is 5.91 Å². The first kappa shape index (κ1) is 10.4. The van der Waals surface area contributed by atoms with Crippen LogP contribution in [0.3, 0.4) is 0 Å². The van der Waals surface area contributed by atoms with Gasteiger partial charge in [-0.3, -0.25) is 9.78 Å². The Kier molecular flexibility index (Phi) is 2.68. The van der Waals surface area contributed by atoms with Gasteiger partial charge in [-0.25, -0.2) is 0 Å². The normalized spacial score (nSPS) is 10.1. The highest BCUT2D eigenvalue weighted by Gasteiger charge is 2.11. The van der Waals surface area contributed by atoms with Crippen molar-refractivity contribution in [2.75, 3.05) is 0 Å². The Morgan fingerprint density at radius 2 is 2.06 bits per heavy atom. The molecule has 3 heteroatoms. The summed E-state index contributed by atoms with van der Waals surface area (Å²) in [6.07, 6.45) is 3.43. The second-order valence-electron chi connectivity index (χ2n) is 3.60. The first-order valence-electron chi connectivity index (χ1n) is 5.00. The Morgan fingerprint density at radius 1 is 1.25 bits per heavy atom. The molecule has 80 valence electrons. The third-order valence-corrected chi connectivity index (χ3v) is 2.49. The molecule has 2 N–H and O–H groups in total. The molecule has 16 heavy (non-hydrogen) atoms. The molecule has 0 aliphatic heterocycles. The molecule has 2 rings (SSSR count). The van der Waals surface area contributed by atoms with Crippen molar-refractivity contribution in [1.82, 2.24) is 4.98 Å². The van der Waals surface area contributed by atoms with Gasteiger partial charge in [-0.1, -0.05) is 18.2 Å². The lowest BCUT2D eigenvalue weighted by Gasteiger charge is -2.09. The summed E-state index contributed by atoms with van der Waals surface area (Å²) >= 11 is 0. The average molecular weight is 212 g/mol. The fourth-order valence-electron chi connectivity index (χ4n) is 1.77. The maximum absolute atomic E-state index is 11.3. The van der Waals surface area contributed by atoms with E-state index < -0.39 is 5.91 Å². The minimum atomic E-state index is -0.414. The quantitative estimate of drug-likeness (QED) is 0.829. The Labute approximate surface area is 93.9 Å². The minimum absolute atomic E-state index is 0.414. The molecule has 0 aliphatic rings. The Morgan fingerprint density at radius 3 is 2.69 bits per heavy atom. The number of benzene rings is 1. The molecule has 0 spiro atoms. The molecule has 1 amide bonds. The van der Waals surface area contributed by atoms with Crippen LogP contribution >= 0.6 is 0 Å². The molecule has 0 unspecified atom stereocenters. The number of rotatable bonds is 2. The van der Waals surface area contributed by atoms with Crippen LogP contribution in [0.4, 0.5) is 0 Å². The van der Waals surface area contributed by atoms with Gasteiger partial charge in [0.2, 0.25) is 5.91 Å². The van der Waals surface area contributed by atoms with E-state index >= 15 is 0 Å². The Hall–Kier alpha value is -2.16. The summed E-state index contributed by atoms with van der Waals surface area (Å²) in [5.74, 6) is -0.414. The third kappa shape index (κ3) is 1.80. The molecule has 0 aliphatic carbocycles. The molecule has 1 aromatic carbocycles. The SMILES string of the molecule is Cc1cccc(C(N)=O)c1-c1cccnc1. The summed E-state index contributed by atoms with van der Waals surface area (Å²) in [4.78, 5) is 15.4. The van der Waals surface area contributed by atoms with E-state index in [9.17, 15) is 4.79 Å². The maximum atomic E-state index is 11.3. The molecule has 1 heterocycles. The van der Waals surface area contributed by atoms with Gasteiger partial charge in [0.15, 0.2) is 0 Å². The lowest BCUT2D eigenvalue weighted by molar-refractivity contribution is 0.100. The van der Waals surface area contributed by atoms with E-state index in [0.29, 0.717) is 5.56 Å². The number of pyridine rings is 1. The third-order valence-electron chi connectivity index (χ3n) is 2.49. The molecule has 0 bridgehead atoms. The number of nitrogens with zero attached hydrogens (tertiary/aromatic N) is 1. The van der Waals surface area contributed by atoms with Gasteiger partial charge in [0.05, 0.1) is 0 Å². The molecule has 0 radical (unpaired) electrons. The molecule has 3 nitrogen and oxygen atoms in total. The molecular formula is C13H12N2O. The van der Waals surface area contributed by atoms with Crippen LogP contribution in [-0.4, -0.2) is 10.9 Å². The summed E-state index contributed by atoms with van der Waals surface area (Å²) in [7, 11) is 0. The molecule has 0 saturated carbocycles. The van der Waals surface area contributed by atoms with Gasteiger partial charge in [-0.2, -0.15) is 0 Å². The van der Waals surface area contributed by atoms with Gasteiger partial charge in [0.25, 0.3) is 0 Å². The molecular weight excluding hydrogens is 200 g/mol. The summed E-state index contributed by atoms with van der Waals surface area (Å²) in [6, 6.07) is 9.27. The second kappa shape index (κ2) is 4.14. The monoisotopic (exact) mass is 212 g/mol. The average Bonchev–Trinajstić information content (AvgIpc) is 2.29. The van der Waals surface area contributed by atoms with Crippen LogP contribution in [-0.2, 0) is 0 Å². The van der Waals surface area contributed by atoms with Gasteiger partial charge >= 0.3 is 0 Å². The fraction of sp³-hybridized carbons (Fsp3) is 0.0769. The standard InChI is InChI=1S/C13H12N2O/c1-9-4-2-6-11(13(14)16)12(9)10-5-3-7-15-8-10/h2-8H,1H3,(H2,14,16). The Balaban J connectivity index is 2.68. The fourth-order valence-corrected chi connectivity index (χ4v) is 1.77. The summed E-state index contributed by atoms with van der Waals surface area (Å²) < 4.78 is 0. The van der Waals surface area contributed by atoms with Crippen molar-refractivity contribution in [1.29, 1.82) is 0 Å².